The summed E-state index contributed by atoms with van der Waals surface area (Å²) in [4.78, 5) is 1.41. The highest BCUT2D eigenvalue weighted by Crippen LogP contribution is 1.96. The van der Waals surface area contributed by atoms with E-state index < -0.39 is 0 Å². The predicted octanol–water partition coefficient (Wildman–Crippen LogP) is -0.477. The molecule has 1 unspecified atom stereocenters. The number of hydrogen-bond donors (Lipinski definition) is 1. The largest absolute Gasteiger partial charge is 0.393 e. The van der Waals surface area contributed by atoms with E-state index in [0.717, 1.165) is 0 Å². The Kier molecular flexibility index (Phi) is 2.53. The summed E-state index contributed by atoms with van der Waals surface area (Å²) in [5.74, 6) is 0.688. The third-order valence-corrected chi connectivity index (χ3v) is 1.34. The zero-order chi connectivity index (χ0) is 8.27. The van der Waals surface area contributed by atoms with Gasteiger partial charge < -0.3 is 5.11 Å². The van der Waals surface area contributed by atoms with Crippen LogP contribution in [0.15, 0.2) is 0 Å². The van der Waals surface area contributed by atoms with Crippen molar-refractivity contribution < 1.29 is 5.11 Å². The molecule has 0 bridgehead atoms. The second kappa shape index (κ2) is 3.43. The van der Waals surface area contributed by atoms with Crippen molar-refractivity contribution in [3.63, 3.8) is 0 Å². The first-order valence-electron chi connectivity index (χ1n) is 3.59. The number of rotatable bonds is 3. The number of nitrogens with zero attached hydrogens (tertiary/aromatic N) is 4. The number of tetrazole rings is 1. The minimum absolute atomic E-state index is 0.293. The van der Waals surface area contributed by atoms with Gasteiger partial charge in [0.2, 0.25) is 0 Å². The van der Waals surface area contributed by atoms with Gasteiger partial charge in [-0.1, -0.05) is 0 Å². The Bertz CT molecular complexity index is 220. The third kappa shape index (κ3) is 2.63. The minimum Gasteiger partial charge on any atom is -0.393 e. The second-order valence-electron chi connectivity index (χ2n) is 2.58. The van der Waals surface area contributed by atoms with Gasteiger partial charge >= 0.3 is 0 Å². The Balaban J connectivity index is 2.39. The summed E-state index contributed by atoms with van der Waals surface area (Å²) in [6.07, 6.45) is 1.08. The molecule has 0 aliphatic rings. The molecule has 0 fully saturated rings. The standard InChI is InChI=1S/C6H12N4O/c1-5(11)3-4-6-7-9-10(2)8-6/h5,11H,3-4H2,1-2H3. The highest BCUT2D eigenvalue weighted by atomic mass is 16.3. The van der Waals surface area contributed by atoms with E-state index in [4.69, 9.17) is 5.11 Å². The van der Waals surface area contributed by atoms with Crippen LogP contribution in [0, 0.1) is 0 Å². The van der Waals surface area contributed by atoms with Crippen molar-refractivity contribution in [3.8, 4) is 0 Å². The summed E-state index contributed by atoms with van der Waals surface area (Å²) in [5.41, 5.74) is 0. The van der Waals surface area contributed by atoms with Gasteiger partial charge in [0, 0.05) is 6.42 Å². The highest BCUT2D eigenvalue weighted by molar-refractivity contribution is 4.76. The van der Waals surface area contributed by atoms with Crippen LogP contribution in [0.1, 0.15) is 19.2 Å². The first kappa shape index (κ1) is 8.13. The number of aryl methyl sites for hydroxylation is 2. The smallest absolute Gasteiger partial charge is 0.174 e. The van der Waals surface area contributed by atoms with E-state index in [0.29, 0.717) is 18.7 Å². The minimum atomic E-state index is -0.293. The maximum Gasteiger partial charge on any atom is 0.174 e. The van der Waals surface area contributed by atoms with Gasteiger partial charge in [0.1, 0.15) is 0 Å². The molecule has 0 aliphatic heterocycles. The molecule has 0 spiro atoms. The predicted molar refractivity (Wildman–Crippen MR) is 38.8 cm³/mol. The lowest BCUT2D eigenvalue weighted by atomic mass is 10.2. The average Bonchev–Trinajstić information content (AvgIpc) is 2.31. The first-order chi connectivity index (χ1) is 5.18. The van der Waals surface area contributed by atoms with Gasteiger partial charge in [0.05, 0.1) is 13.2 Å². The fraction of sp³-hybridized carbons (Fsp3) is 0.833. The molecule has 5 heteroatoms. The van der Waals surface area contributed by atoms with Crippen LogP contribution in [0.4, 0.5) is 0 Å². The van der Waals surface area contributed by atoms with Crippen LogP contribution in [0.25, 0.3) is 0 Å². The molecule has 1 N–H and O–H groups in total. The number of aromatic nitrogens is 4. The lowest BCUT2D eigenvalue weighted by Gasteiger charge is -1.98. The summed E-state index contributed by atoms with van der Waals surface area (Å²) in [6, 6.07) is 0. The van der Waals surface area contributed by atoms with E-state index in [1.165, 1.54) is 4.80 Å². The van der Waals surface area contributed by atoms with Gasteiger partial charge in [-0.05, 0) is 18.6 Å². The van der Waals surface area contributed by atoms with Crippen molar-refractivity contribution in [2.24, 2.45) is 7.05 Å². The molecule has 5 nitrogen and oxygen atoms in total. The number of hydrogen-bond acceptors (Lipinski definition) is 4. The summed E-state index contributed by atoms with van der Waals surface area (Å²) in [7, 11) is 1.72. The molecular formula is C6H12N4O. The van der Waals surface area contributed by atoms with Gasteiger partial charge in [-0.2, -0.15) is 4.80 Å². The fourth-order valence-corrected chi connectivity index (χ4v) is 0.761. The fourth-order valence-electron chi connectivity index (χ4n) is 0.761. The SMILES string of the molecule is CC(O)CCc1nnn(C)n1. The summed E-state index contributed by atoms with van der Waals surface area (Å²) >= 11 is 0. The van der Waals surface area contributed by atoms with E-state index >= 15 is 0 Å². The molecule has 1 atom stereocenters. The lowest BCUT2D eigenvalue weighted by Crippen LogP contribution is -2.02. The molecule has 62 valence electrons. The molecule has 0 radical (unpaired) electrons. The molecule has 0 amide bonds. The van der Waals surface area contributed by atoms with Gasteiger partial charge in [-0.3, -0.25) is 0 Å². The highest BCUT2D eigenvalue weighted by Gasteiger charge is 2.01. The summed E-state index contributed by atoms with van der Waals surface area (Å²) in [5, 5.41) is 20.4. The molecule has 0 saturated heterocycles. The lowest BCUT2D eigenvalue weighted by molar-refractivity contribution is 0.184. The van der Waals surface area contributed by atoms with Crippen LogP contribution in [0.5, 0.6) is 0 Å². The van der Waals surface area contributed by atoms with Crippen LogP contribution in [0.3, 0.4) is 0 Å². The van der Waals surface area contributed by atoms with E-state index in [2.05, 4.69) is 15.4 Å². The second-order valence-corrected chi connectivity index (χ2v) is 2.58. The van der Waals surface area contributed by atoms with Crippen molar-refractivity contribution in [2.45, 2.75) is 25.9 Å². The van der Waals surface area contributed by atoms with Gasteiger partial charge in [-0.15, -0.1) is 10.2 Å². The maximum atomic E-state index is 8.94. The van der Waals surface area contributed by atoms with Crippen molar-refractivity contribution in [1.29, 1.82) is 0 Å². The molecule has 0 saturated carbocycles. The van der Waals surface area contributed by atoms with E-state index in [1.807, 2.05) is 0 Å². The van der Waals surface area contributed by atoms with Crippen molar-refractivity contribution in [3.05, 3.63) is 5.82 Å². The number of aliphatic hydroxyl groups excluding tert-OH is 1. The number of aliphatic hydroxyl groups is 1. The molecule has 1 rings (SSSR count). The quantitative estimate of drug-likeness (QED) is 0.642. The van der Waals surface area contributed by atoms with Crippen LogP contribution in [0.2, 0.25) is 0 Å². The van der Waals surface area contributed by atoms with Crippen LogP contribution in [-0.4, -0.2) is 31.4 Å². The Morgan fingerprint density at radius 3 is 2.82 bits per heavy atom. The topological polar surface area (TPSA) is 63.8 Å². The molecular weight excluding hydrogens is 144 g/mol. The molecule has 1 aromatic heterocycles. The van der Waals surface area contributed by atoms with E-state index in [1.54, 1.807) is 14.0 Å². The molecule has 0 aromatic carbocycles. The Morgan fingerprint density at radius 1 is 1.64 bits per heavy atom. The Hall–Kier alpha value is -0.970. The van der Waals surface area contributed by atoms with Gasteiger partial charge in [-0.25, -0.2) is 0 Å². The first-order valence-corrected chi connectivity index (χ1v) is 3.59. The Labute approximate surface area is 65.0 Å². The van der Waals surface area contributed by atoms with Crippen LogP contribution < -0.4 is 0 Å². The molecule has 11 heavy (non-hydrogen) atoms. The van der Waals surface area contributed by atoms with E-state index in [-0.39, 0.29) is 6.10 Å². The third-order valence-electron chi connectivity index (χ3n) is 1.34. The van der Waals surface area contributed by atoms with E-state index in [9.17, 15) is 0 Å². The van der Waals surface area contributed by atoms with Crippen LogP contribution >= 0.6 is 0 Å². The van der Waals surface area contributed by atoms with Crippen LogP contribution in [-0.2, 0) is 13.5 Å². The normalized spacial score (nSPS) is 13.4. The summed E-state index contributed by atoms with van der Waals surface area (Å²) in [6.45, 7) is 1.75. The van der Waals surface area contributed by atoms with Gasteiger partial charge in [0.15, 0.2) is 5.82 Å². The van der Waals surface area contributed by atoms with Gasteiger partial charge in [0.25, 0.3) is 0 Å². The Morgan fingerprint density at radius 2 is 2.36 bits per heavy atom. The summed E-state index contributed by atoms with van der Waals surface area (Å²) < 4.78 is 0. The monoisotopic (exact) mass is 156 g/mol. The maximum absolute atomic E-state index is 8.94. The zero-order valence-electron chi connectivity index (χ0n) is 6.73. The van der Waals surface area contributed by atoms with Crippen molar-refractivity contribution in [1.82, 2.24) is 20.2 Å². The zero-order valence-corrected chi connectivity index (χ0v) is 6.73. The average molecular weight is 156 g/mol. The van der Waals surface area contributed by atoms with Crippen molar-refractivity contribution >= 4 is 0 Å². The molecule has 1 aromatic rings. The van der Waals surface area contributed by atoms with Crippen molar-refractivity contribution in [2.75, 3.05) is 0 Å². The molecule has 1 heterocycles. The molecule has 0 aliphatic carbocycles.